The van der Waals surface area contributed by atoms with Gasteiger partial charge in [0.25, 0.3) is 0 Å². The minimum absolute atomic E-state index is 0.0859. The van der Waals surface area contributed by atoms with Crippen LogP contribution in [-0.4, -0.2) is 36.6 Å². The maximum Gasteiger partial charge on any atom is 0.161 e. The van der Waals surface area contributed by atoms with Crippen LogP contribution in [0.4, 0.5) is 0 Å². The molecule has 0 bridgehead atoms. The number of unbranched alkanes of at least 4 members (excludes halogenated alkanes) is 12. The number of aromatic hydroxyl groups is 2. The second-order valence-electron chi connectivity index (χ2n) is 12.9. The first-order valence-electron chi connectivity index (χ1n) is 18.1. The molecule has 0 radical (unpaired) electrons. The van der Waals surface area contributed by atoms with E-state index in [1.54, 1.807) is 12.1 Å². The number of hydrogen-bond donors (Lipinski definition) is 2. The van der Waals surface area contributed by atoms with Crippen molar-refractivity contribution >= 4 is 0 Å². The van der Waals surface area contributed by atoms with Crippen LogP contribution >= 0.6 is 0 Å². The zero-order chi connectivity index (χ0) is 32.9. The third-order valence-corrected chi connectivity index (χ3v) is 8.49. The van der Waals surface area contributed by atoms with Crippen LogP contribution in [0, 0.1) is 0 Å². The monoisotopic (exact) mass is 628 g/mol. The van der Waals surface area contributed by atoms with Gasteiger partial charge in [0, 0.05) is 28.7 Å². The van der Waals surface area contributed by atoms with Gasteiger partial charge in [-0.1, -0.05) is 119 Å². The molecule has 2 aromatic carbocycles. The molecule has 0 aliphatic carbocycles. The van der Waals surface area contributed by atoms with Crippen molar-refractivity contribution in [3.63, 3.8) is 0 Å². The molecular formula is C39H64O6. The van der Waals surface area contributed by atoms with E-state index in [0.717, 1.165) is 88.2 Å². The Morgan fingerprint density at radius 3 is 1.00 bits per heavy atom. The van der Waals surface area contributed by atoms with E-state index >= 15 is 0 Å². The fraction of sp³-hybridized carbons (Fsp3) is 0.692. The highest BCUT2D eigenvalue weighted by molar-refractivity contribution is 5.60. The first-order valence-corrected chi connectivity index (χ1v) is 18.1. The SMILES string of the molecule is CCCCCCOc1cc(C(C)(C)c2cc(OCCCCCC)c(O)cc2OCCCCCC)c(OCCCCCC)cc1O. The first kappa shape index (κ1) is 38.4. The Morgan fingerprint density at radius 2 is 0.711 bits per heavy atom. The number of phenolic OH excluding ortho intramolecular Hbond substituents is 2. The molecule has 0 heterocycles. The lowest BCUT2D eigenvalue weighted by atomic mass is 9.76. The summed E-state index contributed by atoms with van der Waals surface area (Å²) < 4.78 is 25.0. The maximum absolute atomic E-state index is 11.0. The third kappa shape index (κ3) is 13.2. The van der Waals surface area contributed by atoms with E-state index in [-0.39, 0.29) is 11.5 Å². The summed E-state index contributed by atoms with van der Waals surface area (Å²) in [5, 5.41) is 22.0. The highest BCUT2D eigenvalue weighted by Gasteiger charge is 2.33. The molecule has 256 valence electrons. The van der Waals surface area contributed by atoms with Crippen molar-refractivity contribution in [2.24, 2.45) is 0 Å². The molecule has 2 N–H and O–H groups in total. The van der Waals surface area contributed by atoms with Crippen molar-refractivity contribution in [1.82, 2.24) is 0 Å². The molecule has 2 rings (SSSR count). The van der Waals surface area contributed by atoms with Crippen LogP contribution in [0.15, 0.2) is 24.3 Å². The molecule has 45 heavy (non-hydrogen) atoms. The minimum Gasteiger partial charge on any atom is -0.504 e. The van der Waals surface area contributed by atoms with Crippen LogP contribution < -0.4 is 18.9 Å². The Morgan fingerprint density at radius 1 is 0.422 bits per heavy atom. The van der Waals surface area contributed by atoms with Gasteiger partial charge in [0.15, 0.2) is 23.0 Å². The largest absolute Gasteiger partial charge is 0.504 e. The van der Waals surface area contributed by atoms with E-state index in [0.29, 0.717) is 49.4 Å². The van der Waals surface area contributed by atoms with Crippen molar-refractivity contribution in [3.05, 3.63) is 35.4 Å². The summed E-state index contributed by atoms with van der Waals surface area (Å²) in [6.45, 7) is 15.3. The van der Waals surface area contributed by atoms with E-state index < -0.39 is 5.41 Å². The van der Waals surface area contributed by atoms with Crippen molar-refractivity contribution in [2.45, 2.75) is 150 Å². The van der Waals surface area contributed by atoms with Crippen LogP contribution in [0.5, 0.6) is 34.5 Å². The molecule has 0 aromatic heterocycles. The van der Waals surface area contributed by atoms with E-state index in [4.69, 9.17) is 18.9 Å². The lowest BCUT2D eigenvalue weighted by Gasteiger charge is -2.31. The van der Waals surface area contributed by atoms with Gasteiger partial charge in [-0.25, -0.2) is 0 Å². The molecule has 0 spiro atoms. The fourth-order valence-corrected chi connectivity index (χ4v) is 5.53. The van der Waals surface area contributed by atoms with E-state index in [2.05, 4.69) is 41.5 Å². The van der Waals surface area contributed by atoms with Gasteiger partial charge in [0.05, 0.1) is 26.4 Å². The molecule has 0 unspecified atom stereocenters. The number of rotatable bonds is 26. The van der Waals surface area contributed by atoms with Crippen molar-refractivity contribution in [2.75, 3.05) is 26.4 Å². The Balaban J connectivity index is 2.50. The average Bonchev–Trinajstić information content (AvgIpc) is 3.02. The molecule has 0 saturated carbocycles. The lowest BCUT2D eigenvalue weighted by Crippen LogP contribution is -2.22. The Bertz CT molecular complexity index is 996. The second kappa shape index (κ2) is 21.9. The van der Waals surface area contributed by atoms with Gasteiger partial charge in [-0.2, -0.15) is 0 Å². The number of phenols is 2. The summed E-state index contributed by atoms with van der Waals surface area (Å²) in [5.41, 5.74) is 1.17. The van der Waals surface area contributed by atoms with Gasteiger partial charge in [-0.3, -0.25) is 0 Å². The minimum atomic E-state index is -0.625. The topological polar surface area (TPSA) is 77.4 Å². The van der Waals surface area contributed by atoms with E-state index in [9.17, 15) is 10.2 Å². The molecule has 0 saturated heterocycles. The molecule has 0 aliphatic heterocycles. The van der Waals surface area contributed by atoms with Gasteiger partial charge in [0.1, 0.15) is 11.5 Å². The quantitative estimate of drug-likeness (QED) is 0.101. The van der Waals surface area contributed by atoms with Gasteiger partial charge >= 0.3 is 0 Å². The van der Waals surface area contributed by atoms with Crippen LogP contribution in [0.3, 0.4) is 0 Å². The highest BCUT2D eigenvalue weighted by atomic mass is 16.5. The fourth-order valence-electron chi connectivity index (χ4n) is 5.53. The molecule has 0 atom stereocenters. The molecule has 6 nitrogen and oxygen atoms in total. The van der Waals surface area contributed by atoms with E-state index in [1.807, 2.05) is 12.1 Å². The molecule has 6 heteroatoms. The summed E-state index contributed by atoms with van der Waals surface area (Å²) in [5.74, 6) is 2.36. The smallest absolute Gasteiger partial charge is 0.161 e. The van der Waals surface area contributed by atoms with E-state index in [1.165, 1.54) is 25.7 Å². The number of benzene rings is 2. The summed E-state index contributed by atoms with van der Waals surface area (Å²) in [6, 6.07) is 7.27. The second-order valence-corrected chi connectivity index (χ2v) is 12.9. The average molecular weight is 629 g/mol. The Hall–Kier alpha value is -2.76. The number of hydrogen-bond acceptors (Lipinski definition) is 6. The highest BCUT2D eigenvalue weighted by Crippen LogP contribution is 2.48. The number of ether oxygens (including phenoxy) is 4. The summed E-state index contributed by atoms with van der Waals surface area (Å²) >= 11 is 0. The van der Waals surface area contributed by atoms with Crippen LogP contribution in [0.25, 0.3) is 0 Å². The Kier molecular flexibility index (Phi) is 18.7. The molecular weight excluding hydrogens is 564 g/mol. The van der Waals surface area contributed by atoms with Crippen LogP contribution in [-0.2, 0) is 5.41 Å². The van der Waals surface area contributed by atoms with Gasteiger partial charge in [-0.05, 0) is 37.8 Å². The van der Waals surface area contributed by atoms with Crippen molar-refractivity contribution < 1.29 is 29.2 Å². The van der Waals surface area contributed by atoms with Gasteiger partial charge < -0.3 is 29.2 Å². The Labute approximate surface area is 274 Å². The van der Waals surface area contributed by atoms with Crippen LogP contribution in [0.2, 0.25) is 0 Å². The first-order chi connectivity index (χ1) is 21.8. The molecule has 0 aliphatic rings. The third-order valence-electron chi connectivity index (χ3n) is 8.49. The summed E-state index contributed by atoms with van der Waals surface area (Å²) in [7, 11) is 0. The molecule has 2 aromatic rings. The molecule has 0 amide bonds. The standard InChI is InChI=1S/C39H64O6/c1-7-11-15-19-23-42-35-29-33(40)37(44-25-21-17-13-9-3)27-31(35)39(5,6)32-28-38(45-26-22-18-14-10-4)34(41)30-36(32)43-24-20-16-12-8-2/h27-30,40-41H,7-26H2,1-6H3. The van der Waals surface area contributed by atoms with Gasteiger partial charge in [-0.15, -0.1) is 0 Å². The zero-order valence-electron chi connectivity index (χ0n) is 29.5. The summed E-state index contributed by atoms with van der Waals surface area (Å²) in [4.78, 5) is 0. The predicted octanol–water partition coefficient (Wildman–Crippen LogP) is 11.3. The lowest BCUT2D eigenvalue weighted by molar-refractivity contribution is 0.273. The van der Waals surface area contributed by atoms with Gasteiger partial charge in [0.2, 0.25) is 0 Å². The van der Waals surface area contributed by atoms with Crippen LogP contribution in [0.1, 0.15) is 155 Å². The molecule has 0 fully saturated rings. The maximum atomic E-state index is 11.0. The zero-order valence-corrected chi connectivity index (χ0v) is 29.5. The summed E-state index contributed by atoms with van der Waals surface area (Å²) in [6.07, 6.45) is 17.5. The van der Waals surface area contributed by atoms with Crippen molar-refractivity contribution in [1.29, 1.82) is 0 Å². The normalized spacial score (nSPS) is 11.5. The predicted molar refractivity (Wildman–Crippen MR) is 187 cm³/mol. The van der Waals surface area contributed by atoms with Crippen molar-refractivity contribution in [3.8, 4) is 34.5 Å².